The minimum absolute atomic E-state index is 0.0779. The molecule has 4 rings (SSSR count). The molecule has 3 aromatic rings. The first kappa shape index (κ1) is 25.4. The fourth-order valence-corrected chi connectivity index (χ4v) is 9.58. The first-order valence-corrected chi connectivity index (χ1v) is 14.3. The van der Waals surface area contributed by atoms with Gasteiger partial charge in [-0.25, -0.2) is 9.78 Å². The van der Waals surface area contributed by atoms with Crippen LogP contribution in [0.3, 0.4) is 0 Å². The zero-order valence-corrected chi connectivity index (χ0v) is 22.4. The molecule has 1 heterocycles. The Labute approximate surface area is 213 Å². The van der Waals surface area contributed by atoms with E-state index in [9.17, 15) is 4.79 Å². The van der Waals surface area contributed by atoms with Crippen LogP contribution in [0.1, 0.15) is 50.9 Å². The second-order valence-corrected chi connectivity index (χ2v) is 14.4. The van der Waals surface area contributed by atoms with Crippen molar-refractivity contribution in [2.24, 2.45) is 0 Å². The monoisotopic (exact) mass is 509 g/mol. The van der Waals surface area contributed by atoms with Crippen molar-refractivity contribution in [2.45, 2.75) is 57.7 Å². The largest absolute Gasteiger partial charge is 0.462 e. The Balaban J connectivity index is 1.57. The van der Waals surface area contributed by atoms with Gasteiger partial charge in [0, 0.05) is 18.3 Å². The van der Waals surface area contributed by atoms with Crippen LogP contribution >= 0.6 is 11.6 Å². The van der Waals surface area contributed by atoms with Gasteiger partial charge in [0.05, 0.1) is 6.61 Å². The van der Waals surface area contributed by atoms with Crippen LogP contribution in [0.4, 0.5) is 5.82 Å². The summed E-state index contributed by atoms with van der Waals surface area (Å²) in [6, 6.07) is 21.4. The van der Waals surface area contributed by atoms with E-state index in [4.69, 9.17) is 20.8 Å². The maximum Gasteiger partial charge on any atom is 0.343 e. The number of carbonyl (C=O) groups excluding carboxylic acids is 1. The predicted molar refractivity (Wildman–Crippen MR) is 142 cm³/mol. The molecule has 2 aromatic carbocycles. The normalized spacial score (nSPS) is 18.0. The lowest BCUT2D eigenvalue weighted by Gasteiger charge is -2.48. The quantitative estimate of drug-likeness (QED) is 0.266. The fourth-order valence-electron chi connectivity index (χ4n) is 4.74. The summed E-state index contributed by atoms with van der Waals surface area (Å²) in [6.45, 7) is 8.88. The van der Waals surface area contributed by atoms with Gasteiger partial charge in [-0.05, 0) is 46.8 Å². The molecule has 8 heteroatoms. The number of carbonyl (C=O) groups is 1. The van der Waals surface area contributed by atoms with Crippen LogP contribution in [0.2, 0.25) is 10.3 Å². The number of ether oxygens (including phenoxy) is 1. The Bertz CT molecular complexity index is 1110. The van der Waals surface area contributed by atoms with Gasteiger partial charge in [0.15, 0.2) is 0 Å². The lowest BCUT2D eigenvalue weighted by molar-refractivity contribution is 0.0526. The van der Waals surface area contributed by atoms with Crippen LogP contribution < -0.4 is 15.7 Å². The number of esters is 1. The van der Waals surface area contributed by atoms with Gasteiger partial charge in [-0.2, -0.15) is 4.98 Å². The number of nitrogens with zero attached hydrogens (tertiary/aromatic N) is 2. The molecular formula is C27H32ClN3O3Si. The van der Waals surface area contributed by atoms with Crippen molar-refractivity contribution < 1.29 is 14.0 Å². The number of halogens is 1. The Morgan fingerprint density at radius 1 is 1.06 bits per heavy atom. The maximum absolute atomic E-state index is 12.3. The van der Waals surface area contributed by atoms with Crippen LogP contribution in [-0.2, 0) is 9.16 Å². The minimum atomic E-state index is -2.60. The fraction of sp³-hybridized carbons (Fsp3) is 0.370. The summed E-state index contributed by atoms with van der Waals surface area (Å²) in [6.07, 6.45) is 3.09. The van der Waals surface area contributed by atoms with Crippen LogP contribution in [0.15, 0.2) is 66.9 Å². The summed E-state index contributed by atoms with van der Waals surface area (Å²) >= 11 is 6.01. The number of rotatable bonds is 8. The third kappa shape index (κ3) is 5.27. The van der Waals surface area contributed by atoms with Gasteiger partial charge in [-0.1, -0.05) is 81.4 Å². The second-order valence-electron chi connectivity index (χ2n) is 9.84. The SMILES string of the molecule is CCOC(=O)c1cnc(Cl)nc1N[C@H]1C[C@H](O[Si](c2ccccc2)(c2ccccc2)C(C)(C)C)C1. The highest BCUT2D eigenvalue weighted by molar-refractivity contribution is 6.99. The molecule has 1 aliphatic rings. The average Bonchev–Trinajstić information content (AvgIpc) is 2.81. The minimum Gasteiger partial charge on any atom is -0.462 e. The smallest absolute Gasteiger partial charge is 0.343 e. The van der Waals surface area contributed by atoms with E-state index in [2.05, 4.69) is 84.6 Å². The molecule has 1 aromatic heterocycles. The Hall–Kier alpha value is -2.74. The standard InChI is InChI=1S/C27H32ClN3O3Si/c1-5-33-25(32)23-18-29-26(28)31-24(23)30-19-16-20(17-19)34-35(27(2,3)4,21-12-8-6-9-13-21)22-14-10-7-11-15-22/h6-15,18-20H,5,16-17H2,1-4H3,(H,29,30,31)/t19-,20-. The van der Waals surface area contributed by atoms with Crippen LogP contribution in [-0.4, -0.2) is 43.0 Å². The number of aromatic nitrogens is 2. The number of nitrogens with one attached hydrogen (secondary N) is 1. The molecule has 0 unspecified atom stereocenters. The zero-order chi connectivity index (χ0) is 25.1. The molecule has 1 saturated carbocycles. The highest BCUT2D eigenvalue weighted by Gasteiger charge is 2.52. The highest BCUT2D eigenvalue weighted by atomic mass is 35.5. The lowest BCUT2D eigenvalue weighted by atomic mass is 9.89. The van der Waals surface area contributed by atoms with Crippen molar-refractivity contribution in [1.82, 2.24) is 9.97 Å². The van der Waals surface area contributed by atoms with Crippen LogP contribution in [0, 0.1) is 0 Å². The van der Waals surface area contributed by atoms with E-state index in [0.29, 0.717) is 5.82 Å². The number of anilines is 1. The lowest BCUT2D eigenvalue weighted by Crippen LogP contribution is -2.69. The van der Waals surface area contributed by atoms with E-state index in [-0.39, 0.29) is 34.6 Å². The van der Waals surface area contributed by atoms with Gasteiger partial charge < -0.3 is 14.5 Å². The predicted octanol–water partition coefficient (Wildman–Crippen LogP) is 4.83. The van der Waals surface area contributed by atoms with Gasteiger partial charge in [-0.15, -0.1) is 0 Å². The number of hydrogen-bond acceptors (Lipinski definition) is 6. The molecule has 0 bridgehead atoms. The van der Waals surface area contributed by atoms with E-state index >= 15 is 0 Å². The summed E-state index contributed by atoms with van der Waals surface area (Å²) < 4.78 is 12.3. The van der Waals surface area contributed by atoms with Crippen molar-refractivity contribution in [2.75, 3.05) is 11.9 Å². The molecule has 184 valence electrons. The van der Waals surface area contributed by atoms with Gasteiger partial charge >= 0.3 is 5.97 Å². The van der Waals surface area contributed by atoms with Gasteiger partial charge in [-0.3, -0.25) is 0 Å². The molecule has 0 amide bonds. The van der Waals surface area contributed by atoms with Gasteiger partial charge in [0.1, 0.15) is 11.4 Å². The summed E-state index contributed by atoms with van der Waals surface area (Å²) in [5.41, 5.74) is 0.285. The Morgan fingerprint density at radius 2 is 1.63 bits per heavy atom. The molecule has 6 nitrogen and oxygen atoms in total. The Morgan fingerprint density at radius 3 is 2.14 bits per heavy atom. The van der Waals surface area contributed by atoms with E-state index in [1.54, 1.807) is 6.92 Å². The highest BCUT2D eigenvalue weighted by Crippen LogP contribution is 2.40. The molecule has 35 heavy (non-hydrogen) atoms. The molecule has 0 saturated heterocycles. The van der Waals surface area contributed by atoms with Crippen molar-refractivity contribution in [3.05, 3.63) is 77.7 Å². The van der Waals surface area contributed by atoms with Crippen molar-refractivity contribution in [1.29, 1.82) is 0 Å². The summed E-state index contributed by atoms with van der Waals surface area (Å²) in [5, 5.41) is 5.90. The number of benzene rings is 2. The second kappa shape index (κ2) is 10.5. The molecule has 1 fully saturated rings. The summed E-state index contributed by atoms with van der Waals surface area (Å²) in [7, 11) is -2.60. The molecule has 0 aliphatic heterocycles. The molecule has 0 radical (unpaired) electrons. The van der Waals surface area contributed by atoms with E-state index in [0.717, 1.165) is 12.8 Å². The van der Waals surface area contributed by atoms with Crippen molar-refractivity contribution >= 4 is 42.1 Å². The van der Waals surface area contributed by atoms with E-state index in [1.807, 2.05) is 12.1 Å². The molecule has 1 aliphatic carbocycles. The van der Waals surface area contributed by atoms with E-state index < -0.39 is 14.3 Å². The van der Waals surface area contributed by atoms with Gasteiger partial charge in [0.2, 0.25) is 5.28 Å². The average molecular weight is 510 g/mol. The van der Waals surface area contributed by atoms with Gasteiger partial charge in [0.25, 0.3) is 8.32 Å². The first-order valence-electron chi connectivity index (χ1n) is 12.0. The third-order valence-corrected chi connectivity index (χ3v) is 11.7. The first-order chi connectivity index (χ1) is 16.7. The number of hydrogen-bond donors (Lipinski definition) is 1. The molecule has 1 N–H and O–H groups in total. The zero-order valence-electron chi connectivity index (χ0n) is 20.6. The Kier molecular flexibility index (Phi) is 7.59. The maximum atomic E-state index is 12.3. The third-order valence-electron chi connectivity index (χ3n) is 6.45. The summed E-state index contributed by atoms with van der Waals surface area (Å²) in [5.74, 6) is -0.0662. The van der Waals surface area contributed by atoms with E-state index in [1.165, 1.54) is 16.6 Å². The molecule has 0 spiro atoms. The summed E-state index contributed by atoms with van der Waals surface area (Å²) in [4.78, 5) is 20.5. The topological polar surface area (TPSA) is 73.3 Å². The molecular weight excluding hydrogens is 478 g/mol. The van der Waals surface area contributed by atoms with Crippen molar-refractivity contribution in [3.8, 4) is 0 Å². The molecule has 0 atom stereocenters. The van der Waals surface area contributed by atoms with Crippen LogP contribution in [0.25, 0.3) is 0 Å². The van der Waals surface area contributed by atoms with Crippen LogP contribution in [0.5, 0.6) is 0 Å². The van der Waals surface area contributed by atoms with Crippen molar-refractivity contribution in [3.63, 3.8) is 0 Å².